The second kappa shape index (κ2) is 6.39. The fourth-order valence-corrected chi connectivity index (χ4v) is 2.71. The van der Waals surface area contributed by atoms with Gasteiger partial charge in [-0.1, -0.05) is 42.6 Å². The topological polar surface area (TPSA) is 35.2 Å². The minimum absolute atomic E-state index is 0.0655. The molecule has 1 atom stereocenters. The molecule has 0 aromatic heterocycles. The van der Waals surface area contributed by atoms with Crippen molar-refractivity contribution in [3.8, 4) is 0 Å². The van der Waals surface area contributed by atoms with Gasteiger partial charge in [-0.15, -0.1) is 0 Å². The Labute approximate surface area is 108 Å². The van der Waals surface area contributed by atoms with Crippen molar-refractivity contribution in [2.45, 2.75) is 31.8 Å². The molecular formula is C14H20ClNO. The molecule has 1 saturated carbocycles. The molecule has 94 valence electrons. The van der Waals surface area contributed by atoms with Crippen LogP contribution < -0.4 is 5.73 Å². The minimum Gasteiger partial charge on any atom is -0.372 e. The highest BCUT2D eigenvalue weighted by Gasteiger charge is 2.19. The van der Waals surface area contributed by atoms with Gasteiger partial charge in [0.15, 0.2) is 0 Å². The fraction of sp³-hybridized carbons (Fsp3) is 0.571. The second-order valence-electron chi connectivity index (χ2n) is 4.73. The molecule has 1 aliphatic rings. The molecule has 2 N–H and O–H groups in total. The maximum absolute atomic E-state index is 6.16. The molecule has 0 bridgehead atoms. The van der Waals surface area contributed by atoms with Gasteiger partial charge in [-0.3, -0.25) is 0 Å². The summed E-state index contributed by atoms with van der Waals surface area (Å²) in [6.07, 6.45) is 5.20. The van der Waals surface area contributed by atoms with E-state index in [0.717, 1.165) is 17.2 Å². The lowest BCUT2D eigenvalue weighted by molar-refractivity contribution is 0.0347. The molecule has 1 unspecified atom stereocenters. The van der Waals surface area contributed by atoms with Gasteiger partial charge >= 0.3 is 0 Å². The first-order valence-corrected chi connectivity index (χ1v) is 6.75. The van der Waals surface area contributed by atoms with Crippen LogP contribution in [0.25, 0.3) is 0 Å². The maximum Gasteiger partial charge on any atom is 0.0961 e. The molecule has 1 fully saturated rings. The number of benzene rings is 1. The van der Waals surface area contributed by atoms with E-state index in [2.05, 4.69) is 0 Å². The molecule has 1 aliphatic carbocycles. The van der Waals surface area contributed by atoms with Crippen molar-refractivity contribution in [3.63, 3.8) is 0 Å². The van der Waals surface area contributed by atoms with Gasteiger partial charge in [-0.25, -0.2) is 0 Å². The number of hydrogen-bond acceptors (Lipinski definition) is 2. The van der Waals surface area contributed by atoms with Crippen molar-refractivity contribution in [1.82, 2.24) is 0 Å². The summed E-state index contributed by atoms with van der Waals surface area (Å²) < 4.78 is 5.93. The van der Waals surface area contributed by atoms with E-state index in [1.165, 1.54) is 25.7 Å². The summed E-state index contributed by atoms with van der Waals surface area (Å²) in [5.74, 6) is 0.714. The van der Waals surface area contributed by atoms with E-state index in [9.17, 15) is 0 Å². The predicted octanol–water partition coefficient (Wildman–Crippen LogP) is 3.55. The van der Waals surface area contributed by atoms with Crippen LogP contribution in [0.4, 0.5) is 0 Å². The molecule has 0 saturated heterocycles. The van der Waals surface area contributed by atoms with Gasteiger partial charge in [0.2, 0.25) is 0 Å². The SMILES string of the molecule is NCC(OCC1CCCC1)c1ccccc1Cl. The van der Waals surface area contributed by atoms with E-state index in [1.807, 2.05) is 24.3 Å². The Morgan fingerprint density at radius 1 is 1.29 bits per heavy atom. The number of halogens is 1. The highest BCUT2D eigenvalue weighted by atomic mass is 35.5. The molecule has 0 spiro atoms. The van der Waals surface area contributed by atoms with Gasteiger partial charge in [0.25, 0.3) is 0 Å². The van der Waals surface area contributed by atoms with Crippen LogP contribution in [0.3, 0.4) is 0 Å². The van der Waals surface area contributed by atoms with Crippen LogP contribution in [0, 0.1) is 5.92 Å². The van der Waals surface area contributed by atoms with Crippen LogP contribution >= 0.6 is 11.6 Å². The van der Waals surface area contributed by atoms with Gasteiger partial charge in [-0.05, 0) is 24.8 Å². The Hall–Kier alpha value is -0.570. The molecule has 17 heavy (non-hydrogen) atoms. The highest BCUT2D eigenvalue weighted by molar-refractivity contribution is 6.31. The van der Waals surface area contributed by atoms with Crippen molar-refractivity contribution >= 4 is 11.6 Å². The lowest BCUT2D eigenvalue weighted by atomic mass is 10.1. The van der Waals surface area contributed by atoms with E-state index in [1.54, 1.807) is 0 Å². The minimum atomic E-state index is -0.0655. The Kier molecular flexibility index (Phi) is 4.84. The van der Waals surface area contributed by atoms with Gasteiger partial charge < -0.3 is 10.5 Å². The summed E-state index contributed by atoms with van der Waals surface area (Å²) in [4.78, 5) is 0. The summed E-state index contributed by atoms with van der Waals surface area (Å²) >= 11 is 6.16. The third-order valence-corrected chi connectivity index (χ3v) is 3.82. The molecule has 1 aromatic carbocycles. The average molecular weight is 254 g/mol. The first-order valence-electron chi connectivity index (χ1n) is 6.37. The smallest absolute Gasteiger partial charge is 0.0961 e. The lowest BCUT2D eigenvalue weighted by Gasteiger charge is -2.20. The molecule has 2 rings (SSSR count). The molecule has 0 radical (unpaired) electrons. The van der Waals surface area contributed by atoms with Crippen molar-refractivity contribution in [2.75, 3.05) is 13.2 Å². The summed E-state index contributed by atoms with van der Waals surface area (Å²) in [6.45, 7) is 1.30. The molecule has 0 amide bonds. The van der Waals surface area contributed by atoms with Gasteiger partial charge in [0.05, 0.1) is 12.7 Å². The van der Waals surface area contributed by atoms with Crippen LogP contribution in [0.2, 0.25) is 5.02 Å². The third-order valence-electron chi connectivity index (χ3n) is 3.47. The third kappa shape index (κ3) is 3.44. The molecule has 3 heteroatoms. The van der Waals surface area contributed by atoms with E-state index >= 15 is 0 Å². The Morgan fingerprint density at radius 3 is 2.65 bits per heavy atom. The van der Waals surface area contributed by atoms with Crippen LogP contribution in [0.15, 0.2) is 24.3 Å². The molecule has 0 aliphatic heterocycles. The van der Waals surface area contributed by atoms with E-state index in [0.29, 0.717) is 12.5 Å². The second-order valence-corrected chi connectivity index (χ2v) is 5.14. The molecule has 0 heterocycles. The van der Waals surface area contributed by atoms with Crippen LogP contribution in [0.5, 0.6) is 0 Å². The normalized spacial score (nSPS) is 18.5. The zero-order chi connectivity index (χ0) is 12.1. The fourth-order valence-electron chi connectivity index (χ4n) is 2.45. The van der Waals surface area contributed by atoms with Gasteiger partial charge in [-0.2, -0.15) is 0 Å². The van der Waals surface area contributed by atoms with Crippen LogP contribution in [0.1, 0.15) is 37.4 Å². The van der Waals surface area contributed by atoms with Crippen molar-refractivity contribution in [3.05, 3.63) is 34.9 Å². The summed E-state index contributed by atoms with van der Waals surface area (Å²) in [5.41, 5.74) is 6.78. The Balaban J connectivity index is 1.94. The summed E-state index contributed by atoms with van der Waals surface area (Å²) in [6, 6.07) is 7.78. The molecular weight excluding hydrogens is 234 g/mol. The standard InChI is InChI=1S/C14H20ClNO/c15-13-8-4-3-7-12(13)14(9-16)17-10-11-5-1-2-6-11/h3-4,7-8,11,14H,1-2,5-6,9-10,16H2. The average Bonchev–Trinajstić information content (AvgIpc) is 2.85. The quantitative estimate of drug-likeness (QED) is 0.871. The maximum atomic E-state index is 6.16. The zero-order valence-corrected chi connectivity index (χ0v) is 10.8. The predicted molar refractivity (Wildman–Crippen MR) is 71.2 cm³/mol. The lowest BCUT2D eigenvalue weighted by Crippen LogP contribution is -2.19. The molecule has 1 aromatic rings. The van der Waals surface area contributed by atoms with Crippen molar-refractivity contribution in [2.24, 2.45) is 11.7 Å². The van der Waals surface area contributed by atoms with Gasteiger partial charge in [0, 0.05) is 17.1 Å². The first-order chi connectivity index (χ1) is 8.31. The highest BCUT2D eigenvalue weighted by Crippen LogP contribution is 2.29. The molecule has 2 nitrogen and oxygen atoms in total. The van der Waals surface area contributed by atoms with E-state index in [4.69, 9.17) is 22.1 Å². The Bertz CT molecular complexity index is 350. The number of nitrogens with two attached hydrogens (primary N) is 1. The van der Waals surface area contributed by atoms with Gasteiger partial charge in [0.1, 0.15) is 0 Å². The first kappa shape index (κ1) is 12.9. The summed E-state index contributed by atoms with van der Waals surface area (Å²) in [7, 11) is 0. The van der Waals surface area contributed by atoms with Crippen LogP contribution in [-0.4, -0.2) is 13.2 Å². The number of rotatable bonds is 5. The Morgan fingerprint density at radius 2 is 2.00 bits per heavy atom. The van der Waals surface area contributed by atoms with E-state index < -0.39 is 0 Å². The number of ether oxygens (including phenoxy) is 1. The number of hydrogen-bond donors (Lipinski definition) is 1. The van der Waals surface area contributed by atoms with Crippen molar-refractivity contribution < 1.29 is 4.74 Å². The monoisotopic (exact) mass is 253 g/mol. The zero-order valence-electron chi connectivity index (χ0n) is 10.1. The summed E-state index contributed by atoms with van der Waals surface area (Å²) in [5, 5.41) is 0.745. The largest absolute Gasteiger partial charge is 0.372 e. The van der Waals surface area contributed by atoms with Crippen molar-refractivity contribution in [1.29, 1.82) is 0 Å². The van der Waals surface area contributed by atoms with E-state index in [-0.39, 0.29) is 6.10 Å². The van der Waals surface area contributed by atoms with Crippen LogP contribution in [-0.2, 0) is 4.74 Å².